The predicted molar refractivity (Wildman–Crippen MR) is 127 cm³/mol. The van der Waals surface area contributed by atoms with E-state index in [1.807, 2.05) is 0 Å². The zero-order valence-electron chi connectivity index (χ0n) is 21.1. The minimum atomic E-state index is 0.0267. The van der Waals surface area contributed by atoms with Crippen molar-refractivity contribution >= 4 is 5.97 Å². The number of esters is 1. The van der Waals surface area contributed by atoms with E-state index in [0.717, 1.165) is 49.3 Å². The topological polar surface area (TPSA) is 38.3 Å². The molecule has 1 aliphatic heterocycles. The average molecular weight is 430 g/mol. The fourth-order valence-electron chi connectivity index (χ4n) is 8.15. The first-order valence-corrected chi connectivity index (χ1v) is 13.4. The summed E-state index contributed by atoms with van der Waals surface area (Å²) in [5, 5.41) is 3.59. The van der Waals surface area contributed by atoms with E-state index in [4.69, 9.17) is 4.74 Å². The molecule has 3 aliphatic carbocycles. The van der Waals surface area contributed by atoms with Crippen LogP contribution in [0, 0.1) is 40.4 Å². The van der Waals surface area contributed by atoms with Crippen molar-refractivity contribution in [2.45, 2.75) is 112 Å². The number of nitrogens with one attached hydrogen (secondary N) is 1. The van der Waals surface area contributed by atoms with Crippen molar-refractivity contribution in [2.75, 3.05) is 6.54 Å². The van der Waals surface area contributed by atoms with Crippen LogP contribution in [0.3, 0.4) is 0 Å². The number of carbonyl (C=O) groups excluding carboxylic acids is 1. The lowest BCUT2D eigenvalue weighted by molar-refractivity contribution is -0.157. The van der Waals surface area contributed by atoms with Gasteiger partial charge in [-0.2, -0.15) is 0 Å². The second-order valence-electron chi connectivity index (χ2n) is 12.3. The maximum absolute atomic E-state index is 13.3. The molecule has 2 fully saturated rings. The maximum Gasteiger partial charge on any atom is 0.314 e. The molecule has 0 bridgehead atoms. The van der Waals surface area contributed by atoms with Gasteiger partial charge in [-0.1, -0.05) is 60.8 Å². The van der Waals surface area contributed by atoms with Gasteiger partial charge >= 0.3 is 5.97 Å². The number of hydrogen-bond acceptors (Lipinski definition) is 3. The third-order valence-corrected chi connectivity index (χ3v) is 10.0. The molecule has 4 aliphatic rings. The van der Waals surface area contributed by atoms with Crippen LogP contribution in [-0.2, 0) is 9.53 Å². The zero-order valence-corrected chi connectivity index (χ0v) is 21.1. The van der Waals surface area contributed by atoms with E-state index < -0.39 is 0 Å². The maximum atomic E-state index is 13.3. The van der Waals surface area contributed by atoms with Crippen LogP contribution in [0.4, 0.5) is 0 Å². The fourth-order valence-corrected chi connectivity index (χ4v) is 8.15. The van der Waals surface area contributed by atoms with Crippen molar-refractivity contribution in [1.29, 1.82) is 0 Å². The van der Waals surface area contributed by atoms with Gasteiger partial charge < -0.3 is 10.1 Å². The van der Waals surface area contributed by atoms with Gasteiger partial charge in [0.25, 0.3) is 0 Å². The van der Waals surface area contributed by atoms with Gasteiger partial charge in [0.15, 0.2) is 0 Å². The molecule has 0 unspecified atom stereocenters. The van der Waals surface area contributed by atoms with Crippen LogP contribution in [0.15, 0.2) is 11.3 Å². The van der Waals surface area contributed by atoms with Crippen molar-refractivity contribution in [3.8, 4) is 0 Å². The van der Waals surface area contributed by atoms with E-state index in [2.05, 4.69) is 46.9 Å². The molecule has 2 saturated carbocycles. The standard InChI is InChI=1S/C28H47NO2/c1-7-29-20-13-15-28(6)23-14-16-27(5)21(19(4)10-8-9-18(2)3)11-12-22(27)25(23)31-26(30)24(28)17-20/h18-22,24,29H,7-17H2,1-6H3/t19-,20+,21-,22+,24-,27-,28-/m1/s1. The summed E-state index contributed by atoms with van der Waals surface area (Å²) in [5.41, 5.74) is 1.86. The van der Waals surface area contributed by atoms with Crippen molar-refractivity contribution in [3.05, 3.63) is 11.3 Å². The summed E-state index contributed by atoms with van der Waals surface area (Å²) in [7, 11) is 0. The molecule has 0 saturated heterocycles. The molecule has 1 heterocycles. The van der Waals surface area contributed by atoms with Crippen LogP contribution in [0.5, 0.6) is 0 Å². The molecule has 0 radical (unpaired) electrons. The molecule has 0 amide bonds. The highest BCUT2D eigenvalue weighted by molar-refractivity contribution is 5.77. The number of ether oxygens (including phenoxy) is 1. The molecule has 1 N–H and O–H groups in total. The molecule has 7 atom stereocenters. The summed E-state index contributed by atoms with van der Waals surface area (Å²) < 4.78 is 6.28. The largest absolute Gasteiger partial charge is 0.431 e. The van der Waals surface area contributed by atoms with Gasteiger partial charge in [0, 0.05) is 17.4 Å². The van der Waals surface area contributed by atoms with Gasteiger partial charge in [-0.05, 0) is 80.2 Å². The molecule has 3 heteroatoms. The van der Waals surface area contributed by atoms with Gasteiger partial charge in [-0.3, -0.25) is 4.79 Å². The average Bonchev–Trinajstić information content (AvgIpc) is 3.06. The summed E-state index contributed by atoms with van der Waals surface area (Å²) in [6, 6.07) is 0.467. The smallest absolute Gasteiger partial charge is 0.314 e. The Morgan fingerprint density at radius 2 is 1.84 bits per heavy atom. The monoisotopic (exact) mass is 429 g/mol. The highest BCUT2D eigenvalue weighted by Gasteiger charge is 2.59. The van der Waals surface area contributed by atoms with Crippen molar-refractivity contribution in [2.24, 2.45) is 40.4 Å². The van der Waals surface area contributed by atoms with Gasteiger partial charge in [-0.25, -0.2) is 0 Å². The molecule has 4 rings (SSSR count). The minimum absolute atomic E-state index is 0.0267. The molecule has 0 spiro atoms. The molecule has 176 valence electrons. The highest BCUT2D eigenvalue weighted by Crippen LogP contribution is 2.64. The number of hydrogen-bond donors (Lipinski definition) is 1. The van der Waals surface area contributed by atoms with E-state index in [9.17, 15) is 4.79 Å². The van der Waals surface area contributed by atoms with Gasteiger partial charge in [0.05, 0.1) is 5.92 Å². The molecule has 31 heavy (non-hydrogen) atoms. The minimum Gasteiger partial charge on any atom is -0.431 e. The van der Waals surface area contributed by atoms with Crippen LogP contribution < -0.4 is 5.32 Å². The van der Waals surface area contributed by atoms with Gasteiger partial charge in [-0.15, -0.1) is 0 Å². The summed E-state index contributed by atoms with van der Waals surface area (Å²) >= 11 is 0. The Morgan fingerprint density at radius 1 is 1.06 bits per heavy atom. The SMILES string of the molecule is CCN[C@H]1CC[C@]2(C)C3=C(OC(=O)[C@H]2C1)[C@@H]1CC[C@H]([C@H](C)CCCC(C)C)[C@@]1(C)CC3. The number of carbonyl (C=O) groups is 1. The first-order chi connectivity index (χ1) is 14.7. The Balaban J connectivity index is 1.54. The van der Waals surface area contributed by atoms with Crippen LogP contribution in [0.25, 0.3) is 0 Å². The summed E-state index contributed by atoms with van der Waals surface area (Å²) in [4.78, 5) is 13.3. The van der Waals surface area contributed by atoms with Crippen molar-refractivity contribution < 1.29 is 9.53 Å². The van der Waals surface area contributed by atoms with Crippen LogP contribution in [-0.4, -0.2) is 18.6 Å². The molecular weight excluding hydrogens is 382 g/mol. The van der Waals surface area contributed by atoms with E-state index in [1.54, 1.807) is 0 Å². The van der Waals surface area contributed by atoms with Crippen LogP contribution >= 0.6 is 0 Å². The first-order valence-electron chi connectivity index (χ1n) is 13.4. The molecule has 3 nitrogen and oxygen atoms in total. The number of rotatable bonds is 7. The number of allylic oxidation sites excluding steroid dienone is 2. The van der Waals surface area contributed by atoms with E-state index in [1.165, 1.54) is 50.5 Å². The Hall–Kier alpha value is -0.830. The van der Waals surface area contributed by atoms with E-state index in [0.29, 0.717) is 17.4 Å². The third-order valence-electron chi connectivity index (χ3n) is 10.0. The lowest BCUT2D eigenvalue weighted by atomic mass is 9.54. The lowest BCUT2D eigenvalue weighted by Crippen LogP contribution is -2.52. The zero-order chi connectivity index (χ0) is 22.4. The summed E-state index contributed by atoms with van der Waals surface area (Å²) in [5.74, 6) is 4.06. The number of fused-ring (bicyclic) bond motifs is 4. The fraction of sp³-hybridized carbons (Fsp3) is 0.893. The summed E-state index contributed by atoms with van der Waals surface area (Å²) in [6.07, 6.45) is 12.2. The predicted octanol–water partition coefficient (Wildman–Crippen LogP) is 6.87. The van der Waals surface area contributed by atoms with Gasteiger partial charge in [0.1, 0.15) is 5.76 Å². The van der Waals surface area contributed by atoms with Crippen molar-refractivity contribution in [1.82, 2.24) is 5.32 Å². The Bertz CT molecular complexity index is 712. The molecule has 0 aromatic heterocycles. The van der Waals surface area contributed by atoms with Crippen LogP contribution in [0.1, 0.15) is 106 Å². The quantitative estimate of drug-likeness (QED) is 0.449. The first kappa shape index (κ1) is 23.3. The molecule has 0 aromatic rings. The summed E-state index contributed by atoms with van der Waals surface area (Å²) in [6.45, 7) is 15.2. The lowest BCUT2D eigenvalue weighted by Gasteiger charge is -2.53. The third kappa shape index (κ3) is 4.02. The molecular formula is C28H47NO2. The van der Waals surface area contributed by atoms with Crippen molar-refractivity contribution in [3.63, 3.8) is 0 Å². The Labute approximate surface area is 191 Å². The Kier molecular flexibility index (Phi) is 6.65. The molecule has 0 aromatic carbocycles. The van der Waals surface area contributed by atoms with Crippen LogP contribution in [0.2, 0.25) is 0 Å². The normalized spacial score (nSPS) is 40.9. The Morgan fingerprint density at radius 3 is 2.55 bits per heavy atom. The highest BCUT2D eigenvalue weighted by atomic mass is 16.5. The van der Waals surface area contributed by atoms with E-state index in [-0.39, 0.29) is 17.3 Å². The second-order valence-corrected chi connectivity index (χ2v) is 12.3. The van der Waals surface area contributed by atoms with Gasteiger partial charge in [0.2, 0.25) is 0 Å². The second kappa shape index (κ2) is 8.84. The van der Waals surface area contributed by atoms with E-state index >= 15 is 0 Å².